The molecule has 0 bridgehead atoms. The van der Waals surface area contributed by atoms with Gasteiger partial charge in [0, 0.05) is 4.83 Å². The third-order valence-electron chi connectivity index (χ3n) is 1.53. The predicted octanol–water partition coefficient (Wildman–Crippen LogP) is 3.29. The van der Waals surface area contributed by atoms with Crippen LogP contribution in [0.4, 0.5) is 8.78 Å². The lowest BCUT2D eigenvalue weighted by molar-refractivity contribution is 0.498. The zero-order valence-corrected chi connectivity index (χ0v) is 8.24. The molecular weight excluding hydrogens is 226 g/mol. The van der Waals surface area contributed by atoms with Crippen LogP contribution >= 0.6 is 15.9 Å². The fourth-order valence-electron chi connectivity index (χ4n) is 1.01. The van der Waals surface area contributed by atoms with Gasteiger partial charge in [-0.3, -0.25) is 0 Å². The summed E-state index contributed by atoms with van der Waals surface area (Å²) >= 11 is 3.28. The summed E-state index contributed by atoms with van der Waals surface area (Å²) in [7, 11) is 0. The van der Waals surface area contributed by atoms with E-state index in [1.54, 1.807) is 6.07 Å². The van der Waals surface area contributed by atoms with E-state index in [0.29, 0.717) is 12.0 Å². The lowest BCUT2D eigenvalue weighted by Crippen LogP contribution is -2.00. The molecular formula is C9H9BrF2. The van der Waals surface area contributed by atoms with E-state index in [0.717, 1.165) is 6.07 Å². The average molecular weight is 235 g/mol. The quantitative estimate of drug-likeness (QED) is 0.690. The van der Waals surface area contributed by atoms with Crippen LogP contribution in [0.15, 0.2) is 18.2 Å². The Labute approximate surface area is 78.7 Å². The number of rotatable bonds is 2. The maximum atomic E-state index is 13.0. The van der Waals surface area contributed by atoms with Gasteiger partial charge in [0.15, 0.2) is 11.6 Å². The second-order valence-corrected chi connectivity index (χ2v) is 4.26. The highest BCUT2D eigenvalue weighted by atomic mass is 79.9. The Morgan fingerprint density at radius 2 is 2.08 bits per heavy atom. The molecule has 12 heavy (non-hydrogen) atoms. The van der Waals surface area contributed by atoms with Crippen LogP contribution in [0, 0.1) is 11.6 Å². The fourth-order valence-corrected chi connectivity index (χ4v) is 1.36. The Morgan fingerprint density at radius 1 is 1.42 bits per heavy atom. The standard InChI is InChI=1S/C9H9BrF2/c1-6(10)5-7-3-2-4-8(11)9(7)12/h2-4,6H,5H2,1H3. The summed E-state index contributed by atoms with van der Waals surface area (Å²) in [5.41, 5.74) is 0.416. The molecule has 1 atom stereocenters. The van der Waals surface area contributed by atoms with Gasteiger partial charge >= 0.3 is 0 Å². The molecule has 0 fully saturated rings. The monoisotopic (exact) mass is 234 g/mol. The summed E-state index contributed by atoms with van der Waals surface area (Å²) in [5, 5.41) is 0. The molecule has 1 rings (SSSR count). The first-order valence-electron chi connectivity index (χ1n) is 3.68. The lowest BCUT2D eigenvalue weighted by atomic mass is 10.1. The van der Waals surface area contributed by atoms with Crippen molar-refractivity contribution in [2.75, 3.05) is 0 Å². The van der Waals surface area contributed by atoms with Crippen LogP contribution in [0.25, 0.3) is 0 Å². The molecule has 0 aromatic heterocycles. The van der Waals surface area contributed by atoms with Crippen LogP contribution in [0.5, 0.6) is 0 Å². The third kappa shape index (κ3) is 2.27. The van der Waals surface area contributed by atoms with Crippen molar-refractivity contribution in [3.05, 3.63) is 35.4 Å². The van der Waals surface area contributed by atoms with E-state index in [1.165, 1.54) is 6.07 Å². The summed E-state index contributed by atoms with van der Waals surface area (Å²) < 4.78 is 25.6. The largest absolute Gasteiger partial charge is 0.204 e. The summed E-state index contributed by atoms with van der Waals surface area (Å²) in [6.07, 6.45) is 0.504. The van der Waals surface area contributed by atoms with Crippen LogP contribution in [0.1, 0.15) is 12.5 Å². The maximum absolute atomic E-state index is 13.0. The molecule has 66 valence electrons. The molecule has 0 aliphatic rings. The highest BCUT2D eigenvalue weighted by Crippen LogP contribution is 2.15. The molecule has 1 aromatic rings. The van der Waals surface area contributed by atoms with Crippen LogP contribution in [0.2, 0.25) is 0 Å². The van der Waals surface area contributed by atoms with Gasteiger partial charge in [-0.05, 0) is 18.1 Å². The van der Waals surface area contributed by atoms with E-state index in [4.69, 9.17) is 0 Å². The Kier molecular flexibility index (Phi) is 3.20. The van der Waals surface area contributed by atoms with Crippen molar-refractivity contribution in [1.29, 1.82) is 0 Å². The molecule has 0 aliphatic carbocycles. The van der Waals surface area contributed by atoms with Crippen molar-refractivity contribution in [2.24, 2.45) is 0 Å². The van der Waals surface area contributed by atoms with Crippen LogP contribution in [0.3, 0.4) is 0 Å². The van der Waals surface area contributed by atoms with E-state index < -0.39 is 11.6 Å². The molecule has 0 spiro atoms. The molecule has 0 N–H and O–H groups in total. The first-order chi connectivity index (χ1) is 5.61. The average Bonchev–Trinajstić information content (AvgIpc) is 1.98. The molecule has 1 unspecified atom stereocenters. The second kappa shape index (κ2) is 3.99. The van der Waals surface area contributed by atoms with Crippen LogP contribution < -0.4 is 0 Å². The molecule has 0 saturated carbocycles. The highest BCUT2D eigenvalue weighted by Gasteiger charge is 2.08. The minimum absolute atomic E-state index is 0.161. The van der Waals surface area contributed by atoms with E-state index in [2.05, 4.69) is 15.9 Å². The van der Waals surface area contributed by atoms with Gasteiger partial charge in [0.25, 0.3) is 0 Å². The third-order valence-corrected chi connectivity index (χ3v) is 1.86. The number of hydrogen-bond acceptors (Lipinski definition) is 0. The van der Waals surface area contributed by atoms with E-state index in [1.807, 2.05) is 6.92 Å². The molecule has 0 nitrogen and oxygen atoms in total. The van der Waals surface area contributed by atoms with Crippen molar-refractivity contribution >= 4 is 15.9 Å². The van der Waals surface area contributed by atoms with Crippen LogP contribution in [-0.2, 0) is 6.42 Å². The number of alkyl halides is 1. The van der Waals surface area contributed by atoms with E-state index in [9.17, 15) is 8.78 Å². The summed E-state index contributed by atoms with van der Waals surface area (Å²) in [5.74, 6) is -1.51. The van der Waals surface area contributed by atoms with Gasteiger partial charge in [0.2, 0.25) is 0 Å². The summed E-state index contributed by atoms with van der Waals surface area (Å²) in [4.78, 5) is 0.161. The van der Waals surface area contributed by atoms with Crippen molar-refractivity contribution in [1.82, 2.24) is 0 Å². The van der Waals surface area contributed by atoms with Gasteiger partial charge in [0.1, 0.15) is 0 Å². The molecule has 0 aliphatic heterocycles. The minimum atomic E-state index is -0.777. The molecule has 1 aromatic carbocycles. The Bertz CT molecular complexity index is 271. The molecule has 0 heterocycles. The highest BCUT2D eigenvalue weighted by molar-refractivity contribution is 9.09. The zero-order valence-electron chi connectivity index (χ0n) is 6.65. The molecule has 0 amide bonds. The van der Waals surface area contributed by atoms with Gasteiger partial charge < -0.3 is 0 Å². The van der Waals surface area contributed by atoms with Crippen molar-refractivity contribution in [3.8, 4) is 0 Å². The van der Waals surface area contributed by atoms with Crippen molar-refractivity contribution in [2.45, 2.75) is 18.2 Å². The number of hydrogen-bond donors (Lipinski definition) is 0. The lowest BCUT2D eigenvalue weighted by Gasteiger charge is -2.04. The van der Waals surface area contributed by atoms with Crippen LogP contribution in [-0.4, -0.2) is 4.83 Å². The van der Waals surface area contributed by atoms with Crippen molar-refractivity contribution in [3.63, 3.8) is 0 Å². The second-order valence-electron chi connectivity index (χ2n) is 2.70. The topological polar surface area (TPSA) is 0 Å². The Morgan fingerprint density at radius 3 is 2.67 bits per heavy atom. The van der Waals surface area contributed by atoms with Gasteiger partial charge in [0.05, 0.1) is 0 Å². The van der Waals surface area contributed by atoms with E-state index >= 15 is 0 Å². The SMILES string of the molecule is CC(Br)Cc1cccc(F)c1F. The van der Waals surface area contributed by atoms with Gasteiger partial charge in [-0.25, -0.2) is 8.78 Å². The van der Waals surface area contributed by atoms with Gasteiger partial charge in [-0.1, -0.05) is 35.0 Å². The Balaban J connectivity index is 2.92. The maximum Gasteiger partial charge on any atom is 0.162 e. The minimum Gasteiger partial charge on any atom is -0.204 e. The normalized spacial score (nSPS) is 13.0. The summed E-state index contributed by atoms with van der Waals surface area (Å²) in [6.45, 7) is 1.89. The molecule has 3 heteroatoms. The predicted molar refractivity (Wildman–Crippen MR) is 48.5 cm³/mol. The number of halogens is 3. The fraction of sp³-hybridized carbons (Fsp3) is 0.333. The first-order valence-corrected chi connectivity index (χ1v) is 4.60. The molecule has 0 radical (unpaired) electrons. The van der Waals surface area contributed by atoms with E-state index in [-0.39, 0.29) is 4.83 Å². The number of benzene rings is 1. The first kappa shape index (κ1) is 9.65. The summed E-state index contributed by atoms with van der Waals surface area (Å²) in [6, 6.07) is 4.23. The molecule has 0 saturated heterocycles. The van der Waals surface area contributed by atoms with Gasteiger partial charge in [-0.2, -0.15) is 0 Å². The Hall–Kier alpha value is -0.440. The van der Waals surface area contributed by atoms with Crippen molar-refractivity contribution < 1.29 is 8.78 Å². The zero-order chi connectivity index (χ0) is 9.14. The van der Waals surface area contributed by atoms with Gasteiger partial charge in [-0.15, -0.1) is 0 Å². The smallest absolute Gasteiger partial charge is 0.162 e.